The fourth-order valence-electron chi connectivity index (χ4n) is 2.23. The fraction of sp³-hybridized carbons (Fsp3) is 0.462. The third-order valence-electron chi connectivity index (χ3n) is 3.23. The van der Waals surface area contributed by atoms with Crippen LogP contribution in [0.1, 0.15) is 33.2 Å². The number of anilines is 1. The van der Waals surface area contributed by atoms with Gasteiger partial charge in [0, 0.05) is 11.3 Å². The Morgan fingerprint density at radius 2 is 2.11 bits per heavy atom. The summed E-state index contributed by atoms with van der Waals surface area (Å²) < 4.78 is 1.85. The molecule has 0 saturated heterocycles. The summed E-state index contributed by atoms with van der Waals surface area (Å²) >= 11 is 6.23. The van der Waals surface area contributed by atoms with E-state index in [0.29, 0.717) is 22.5 Å². The van der Waals surface area contributed by atoms with Crippen LogP contribution in [0, 0.1) is 5.92 Å². The zero-order chi connectivity index (χ0) is 14.0. The van der Waals surface area contributed by atoms with Gasteiger partial charge in [0.15, 0.2) is 5.82 Å². The molecule has 19 heavy (non-hydrogen) atoms. The molecule has 2 N–H and O–H groups in total. The van der Waals surface area contributed by atoms with Gasteiger partial charge < -0.3 is 5.73 Å². The second-order valence-corrected chi connectivity index (χ2v) is 5.31. The average molecular weight is 280 g/mol. The van der Waals surface area contributed by atoms with Crippen LogP contribution in [0.15, 0.2) is 18.2 Å². The molecule has 1 unspecified atom stereocenters. The molecule has 0 radical (unpaired) electrons. The summed E-state index contributed by atoms with van der Waals surface area (Å²) in [5, 5.41) is 12.6. The van der Waals surface area contributed by atoms with E-state index in [9.17, 15) is 0 Å². The van der Waals surface area contributed by atoms with Crippen molar-refractivity contribution in [2.45, 2.75) is 33.2 Å². The first kappa shape index (κ1) is 13.8. The Bertz CT molecular complexity index is 564. The van der Waals surface area contributed by atoms with E-state index in [-0.39, 0.29) is 6.04 Å². The fourth-order valence-corrected chi connectivity index (χ4v) is 2.51. The van der Waals surface area contributed by atoms with Gasteiger partial charge in [0.2, 0.25) is 0 Å². The average Bonchev–Trinajstić information content (AvgIpc) is 2.78. The maximum Gasteiger partial charge on any atom is 0.183 e. The Morgan fingerprint density at radius 3 is 2.68 bits per heavy atom. The minimum atomic E-state index is 0.249. The van der Waals surface area contributed by atoms with Crippen LogP contribution >= 0.6 is 11.6 Å². The lowest BCUT2D eigenvalue weighted by Gasteiger charge is -2.20. The standard InChI is InChI=1S/C13H18ClN5/c1-4-12(8(2)3)19-13(16-17-18-19)10-6-5-9(15)7-11(10)14/h5-8,12H,4,15H2,1-3H3. The van der Waals surface area contributed by atoms with Crippen LogP contribution in [0.3, 0.4) is 0 Å². The second kappa shape index (κ2) is 5.57. The van der Waals surface area contributed by atoms with Gasteiger partial charge in [0.05, 0.1) is 11.1 Å². The summed E-state index contributed by atoms with van der Waals surface area (Å²) in [4.78, 5) is 0. The Labute approximate surface area is 117 Å². The number of hydrogen-bond donors (Lipinski definition) is 1. The van der Waals surface area contributed by atoms with Crippen LogP contribution in [-0.2, 0) is 0 Å². The van der Waals surface area contributed by atoms with E-state index >= 15 is 0 Å². The van der Waals surface area contributed by atoms with E-state index in [0.717, 1.165) is 12.0 Å². The van der Waals surface area contributed by atoms with E-state index < -0.39 is 0 Å². The lowest BCUT2D eigenvalue weighted by atomic mass is 10.0. The van der Waals surface area contributed by atoms with Crippen LogP contribution in [0.4, 0.5) is 5.69 Å². The zero-order valence-electron chi connectivity index (χ0n) is 11.3. The molecule has 2 aromatic rings. The number of nitrogens with zero attached hydrogens (tertiary/aromatic N) is 4. The van der Waals surface area contributed by atoms with Crippen molar-refractivity contribution < 1.29 is 0 Å². The number of rotatable bonds is 4. The monoisotopic (exact) mass is 279 g/mol. The molecule has 1 heterocycles. The molecule has 5 nitrogen and oxygen atoms in total. The van der Waals surface area contributed by atoms with Crippen molar-refractivity contribution in [1.82, 2.24) is 20.2 Å². The van der Waals surface area contributed by atoms with E-state index in [4.69, 9.17) is 17.3 Å². The number of tetrazole rings is 1. The first-order chi connectivity index (χ1) is 9.04. The van der Waals surface area contributed by atoms with Crippen LogP contribution in [-0.4, -0.2) is 20.2 Å². The molecule has 0 amide bonds. The molecule has 1 aromatic carbocycles. The molecule has 0 spiro atoms. The lowest BCUT2D eigenvalue weighted by Crippen LogP contribution is -2.17. The Morgan fingerprint density at radius 1 is 1.37 bits per heavy atom. The van der Waals surface area contributed by atoms with Crippen molar-refractivity contribution in [3.05, 3.63) is 23.2 Å². The molecule has 2 rings (SSSR count). The maximum absolute atomic E-state index is 6.23. The molecule has 102 valence electrons. The summed E-state index contributed by atoms with van der Waals surface area (Å²) in [6, 6.07) is 5.62. The van der Waals surface area contributed by atoms with E-state index in [1.165, 1.54) is 0 Å². The van der Waals surface area contributed by atoms with Crippen LogP contribution < -0.4 is 5.73 Å². The summed E-state index contributed by atoms with van der Waals surface area (Å²) in [5.41, 5.74) is 7.14. The van der Waals surface area contributed by atoms with Gasteiger partial charge in [-0.25, -0.2) is 4.68 Å². The molecule has 0 fully saturated rings. The zero-order valence-corrected chi connectivity index (χ0v) is 12.1. The molecule has 0 aliphatic heterocycles. The minimum absolute atomic E-state index is 0.249. The summed E-state index contributed by atoms with van der Waals surface area (Å²) in [7, 11) is 0. The molecule has 0 saturated carbocycles. The highest BCUT2D eigenvalue weighted by atomic mass is 35.5. The Balaban J connectivity index is 2.49. The third-order valence-corrected chi connectivity index (χ3v) is 3.54. The van der Waals surface area contributed by atoms with Gasteiger partial charge in [-0.05, 0) is 41.0 Å². The van der Waals surface area contributed by atoms with E-state index in [2.05, 4.69) is 36.3 Å². The largest absolute Gasteiger partial charge is 0.399 e. The highest BCUT2D eigenvalue weighted by Gasteiger charge is 2.21. The summed E-state index contributed by atoms with van der Waals surface area (Å²) in [6.45, 7) is 6.44. The van der Waals surface area contributed by atoms with Gasteiger partial charge in [-0.2, -0.15) is 0 Å². The topological polar surface area (TPSA) is 69.6 Å². The van der Waals surface area contributed by atoms with Crippen molar-refractivity contribution in [3.63, 3.8) is 0 Å². The van der Waals surface area contributed by atoms with Gasteiger partial charge >= 0.3 is 0 Å². The van der Waals surface area contributed by atoms with Gasteiger partial charge in [-0.1, -0.05) is 32.4 Å². The molecule has 1 atom stereocenters. The minimum Gasteiger partial charge on any atom is -0.399 e. The van der Waals surface area contributed by atoms with Crippen LogP contribution in [0.25, 0.3) is 11.4 Å². The smallest absolute Gasteiger partial charge is 0.183 e. The third kappa shape index (κ3) is 2.71. The van der Waals surface area contributed by atoms with Gasteiger partial charge in [0.25, 0.3) is 0 Å². The maximum atomic E-state index is 6.23. The second-order valence-electron chi connectivity index (χ2n) is 4.91. The summed E-state index contributed by atoms with van der Waals surface area (Å²) in [6.07, 6.45) is 0.961. The molecular weight excluding hydrogens is 262 g/mol. The van der Waals surface area contributed by atoms with Crippen molar-refractivity contribution in [2.24, 2.45) is 5.92 Å². The number of nitrogen functional groups attached to an aromatic ring is 1. The van der Waals surface area contributed by atoms with E-state index in [1.807, 2.05) is 10.7 Å². The number of halogens is 1. The Kier molecular flexibility index (Phi) is 4.04. The van der Waals surface area contributed by atoms with Crippen molar-refractivity contribution in [3.8, 4) is 11.4 Å². The lowest BCUT2D eigenvalue weighted by molar-refractivity contribution is 0.333. The molecule has 6 heteroatoms. The highest BCUT2D eigenvalue weighted by Crippen LogP contribution is 2.31. The molecule has 0 aliphatic rings. The number of aromatic nitrogens is 4. The quantitative estimate of drug-likeness (QED) is 0.873. The summed E-state index contributed by atoms with van der Waals surface area (Å²) in [5.74, 6) is 1.13. The molecule has 1 aromatic heterocycles. The Hall–Kier alpha value is -1.62. The van der Waals surface area contributed by atoms with Crippen molar-refractivity contribution >= 4 is 17.3 Å². The predicted octanol–water partition coefficient (Wildman–Crippen LogP) is 3.18. The van der Waals surface area contributed by atoms with Gasteiger partial charge in [-0.3, -0.25) is 0 Å². The van der Waals surface area contributed by atoms with Crippen LogP contribution in [0.5, 0.6) is 0 Å². The normalized spacial score (nSPS) is 12.9. The number of hydrogen-bond acceptors (Lipinski definition) is 4. The molecule has 0 bridgehead atoms. The number of nitrogens with two attached hydrogens (primary N) is 1. The van der Waals surface area contributed by atoms with Crippen LogP contribution in [0.2, 0.25) is 5.02 Å². The number of benzene rings is 1. The van der Waals surface area contributed by atoms with Gasteiger partial charge in [-0.15, -0.1) is 5.10 Å². The SMILES string of the molecule is CCC(C(C)C)n1nnnc1-c1ccc(N)cc1Cl. The first-order valence-electron chi connectivity index (χ1n) is 6.37. The van der Waals surface area contributed by atoms with Crippen molar-refractivity contribution in [1.29, 1.82) is 0 Å². The molecular formula is C13H18ClN5. The first-order valence-corrected chi connectivity index (χ1v) is 6.75. The predicted molar refractivity (Wildman–Crippen MR) is 76.8 cm³/mol. The van der Waals surface area contributed by atoms with Gasteiger partial charge in [0.1, 0.15) is 0 Å². The molecule has 0 aliphatic carbocycles. The highest BCUT2D eigenvalue weighted by molar-refractivity contribution is 6.33. The van der Waals surface area contributed by atoms with E-state index in [1.54, 1.807) is 12.1 Å². The van der Waals surface area contributed by atoms with Crippen molar-refractivity contribution in [2.75, 3.05) is 5.73 Å².